The lowest BCUT2D eigenvalue weighted by Crippen LogP contribution is -2.29. The van der Waals surface area contributed by atoms with Gasteiger partial charge in [-0.2, -0.15) is 13.2 Å². The third kappa shape index (κ3) is 4.15. The van der Waals surface area contributed by atoms with E-state index in [-0.39, 0.29) is 17.8 Å². The summed E-state index contributed by atoms with van der Waals surface area (Å²) in [5.41, 5.74) is 4.58. The number of anilines is 1. The van der Waals surface area contributed by atoms with Crippen LogP contribution in [0.5, 0.6) is 0 Å². The molecule has 1 aliphatic rings. The van der Waals surface area contributed by atoms with Crippen LogP contribution in [-0.2, 0) is 6.18 Å². The van der Waals surface area contributed by atoms with Crippen LogP contribution in [0.25, 0.3) is 5.69 Å². The van der Waals surface area contributed by atoms with Crippen molar-refractivity contribution >= 4 is 23.0 Å². The number of pyridine rings is 1. The van der Waals surface area contributed by atoms with E-state index < -0.39 is 11.7 Å². The Morgan fingerprint density at radius 1 is 0.917 bits per heavy atom. The molecule has 0 spiro atoms. The van der Waals surface area contributed by atoms with Gasteiger partial charge in [0.05, 0.1) is 29.0 Å². The van der Waals surface area contributed by atoms with Gasteiger partial charge >= 0.3 is 6.18 Å². The van der Waals surface area contributed by atoms with E-state index in [1.807, 2.05) is 74.2 Å². The van der Waals surface area contributed by atoms with Crippen molar-refractivity contribution in [3.63, 3.8) is 0 Å². The highest BCUT2D eigenvalue weighted by atomic mass is 32.1. The fourth-order valence-corrected chi connectivity index (χ4v) is 5.37. The Hall–Kier alpha value is -3.65. The lowest BCUT2D eigenvalue weighted by molar-refractivity contribution is -0.137. The normalized spacial score (nSPS) is 17.9. The summed E-state index contributed by atoms with van der Waals surface area (Å²) in [7, 11) is 0. The first-order valence-electron chi connectivity index (χ1n) is 11.6. The van der Waals surface area contributed by atoms with E-state index >= 15 is 0 Å². The third-order valence-electron chi connectivity index (χ3n) is 6.65. The Bertz CT molecular complexity index is 1410. The Morgan fingerprint density at radius 3 is 2.28 bits per heavy atom. The van der Waals surface area contributed by atoms with Crippen LogP contribution in [0, 0.1) is 20.8 Å². The molecule has 0 bridgehead atoms. The van der Waals surface area contributed by atoms with E-state index in [1.165, 1.54) is 12.1 Å². The van der Waals surface area contributed by atoms with Crippen LogP contribution in [0.3, 0.4) is 0 Å². The second-order valence-electron chi connectivity index (χ2n) is 9.01. The van der Waals surface area contributed by atoms with Gasteiger partial charge in [0.1, 0.15) is 0 Å². The fraction of sp³-hybridized carbons (Fsp3) is 0.214. The summed E-state index contributed by atoms with van der Waals surface area (Å²) < 4.78 is 43.4. The van der Waals surface area contributed by atoms with E-state index in [9.17, 15) is 13.2 Å². The third-order valence-corrected chi connectivity index (χ3v) is 6.96. The van der Waals surface area contributed by atoms with Crippen LogP contribution in [0.15, 0.2) is 79.0 Å². The van der Waals surface area contributed by atoms with Crippen molar-refractivity contribution in [1.29, 1.82) is 0 Å². The van der Waals surface area contributed by atoms with Crippen LogP contribution in [0.4, 0.5) is 18.9 Å². The average molecular weight is 507 g/mol. The highest BCUT2D eigenvalue weighted by Crippen LogP contribution is 2.44. The van der Waals surface area contributed by atoms with Gasteiger partial charge in [0.2, 0.25) is 0 Å². The SMILES string of the molecule is Cc1ccc(N2C(=S)N[C@H](c3ccccn3)[C@H]2c2cc(C)n(-c3ccccc3C(F)(F)F)c2C)cc1. The minimum absolute atomic E-state index is 0.107. The lowest BCUT2D eigenvalue weighted by Gasteiger charge is -2.28. The number of halogens is 3. The predicted octanol–water partition coefficient (Wildman–Crippen LogP) is 6.99. The molecule has 4 aromatic rings. The second kappa shape index (κ2) is 9.09. The van der Waals surface area contributed by atoms with Gasteiger partial charge in [-0.05, 0) is 81.0 Å². The molecule has 3 heterocycles. The summed E-state index contributed by atoms with van der Waals surface area (Å²) in [4.78, 5) is 6.61. The molecule has 1 fully saturated rings. The molecule has 2 atom stereocenters. The van der Waals surface area contributed by atoms with Crippen molar-refractivity contribution in [1.82, 2.24) is 14.9 Å². The summed E-state index contributed by atoms with van der Waals surface area (Å²) in [5, 5.41) is 3.96. The second-order valence-corrected chi connectivity index (χ2v) is 9.40. The first-order valence-corrected chi connectivity index (χ1v) is 12.0. The van der Waals surface area contributed by atoms with Crippen molar-refractivity contribution in [2.24, 2.45) is 0 Å². The molecule has 0 unspecified atom stereocenters. The van der Waals surface area contributed by atoms with Crippen molar-refractivity contribution in [2.75, 3.05) is 4.90 Å². The Kier molecular flexibility index (Phi) is 6.08. The molecule has 184 valence electrons. The zero-order chi connectivity index (χ0) is 25.6. The molecule has 5 rings (SSSR count). The van der Waals surface area contributed by atoms with E-state index in [0.29, 0.717) is 10.8 Å². The highest BCUT2D eigenvalue weighted by molar-refractivity contribution is 7.80. The summed E-state index contributed by atoms with van der Waals surface area (Å²) in [5.74, 6) is 0. The van der Waals surface area contributed by atoms with Crippen LogP contribution in [-0.4, -0.2) is 14.7 Å². The first kappa shape index (κ1) is 24.1. The predicted molar refractivity (Wildman–Crippen MR) is 139 cm³/mol. The van der Waals surface area contributed by atoms with Gasteiger partial charge in [-0.25, -0.2) is 0 Å². The fourth-order valence-electron chi connectivity index (χ4n) is 5.02. The summed E-state index contributed by atoms with van der Waals surface area (Å²) >= 11 is 5.79. The molecule has 0 radical (unpaired) electrons. The molecule has 1 saturated heterocycles. The number of nitrogens with zero attached hydrogens (tertiary/aromatic N) is 3. The minimum atomic E-state index is -4.47. The molecule has 2 aromatic heterocycles. The quantitative estimate of drug-likeness (QED) is 0.302. The topological polar surface area (TPSA) is 33.1 Å². The van der Waals surface area contributed by atoms with Crippen molar-refractivity contribution in [3.05, 3.63) is 113 Å². The summed E-state index contributed by atoms with van der Waals surface area (Å²) in [6.45, 7) is 5.71. The number of rotatable bonds is 4. The van der Waals surface area contributed by atoms with Crippen molar-refractivity contribution in [2.45, 2.75) is 39.0 Å². The van der Waals surface area contributed by atoms with Crippen LogP contribution >= 0.6 is 12.2 Å². The number of alkyl halides is 3. The number of aromatic nitrogens is 2. The molecular weight excluding hydrogens is 481 g/mol. The lowest BCUT2D eigenvalue weighted by atomic mass is 9.96. The summed E-state index contributed by atoms with van der Waals surface area (Å²) in [6.07, 6.45) is -2.74. The zero-order valence-corrected chi connectivity index (χ0v) is 20.9. The number of hydrogen-bond donors (Lipinski definition) is 1. The number of aryl methyl sites for hydroxylation is 2. The smallest absolute Gasteiger partial charge is 0.351 e. The van der Waals surface area contributed by atoms with Crippen LogP contribution < -0.4 is 10.2 Å². The molecule has 0 aliphatic carbocycles. The number of para-hydroxylation sites is 1. The maximum absolute atomic E-state index is 13.9. The van der Waals surface area contributed by atoms with Crippen LogP contribution in [0.1, 0.15) is 45.9 Å². The number of thiocarbonyl (C=S) groups is 1. The molecular formula is C28H25F3N4S. The van der Waals surface area contributed by atoms with E-state index in [2.05, 4.69) is 10.3 Å². The van der Waals surface area contributed by atoms with E-state index in [4.69, 9.17) is 12.2 Å². The average Bonchev–Trinajstić information content (AvgIpc) is 3.34. The Balaban J connectivity index is 1.70. The zero-order valence-electron chi connectivity index (χ0n) is 20.0. The van der Waals surface area contributed by atoms with E-state index in [0.717, 1.165) is 34.3 Å². The number of nitrogens with one attached hydrogen (secondary N) is 1. The van der Waals surface area contributed by atoms with Gasteiger partial charge < -0.3 is 14.8 Å². The van der Waals surface area contributed by atoms with Gasteiger partial charge in [-0.15, -0.1) is 0 Å². The van der Waals surface area contributed by atoms with Gasteiger partial charge in [0.15, 0.2) is 5.11 Å². The van der Waals surface area contributed by atoms with Gasteiger partial charge in [0.25, 0.3) is 0 Å². The molecule has 0 amide bonds. The number of benzene rings is 2. The first-order chi connectivity index (χ1) is 17.2. The van der Waals surface area contributed by atoms with Crippen molar-refractivity contribution in [3.8, 4) is 5.69 Å². The molecule has 0 saturated carbocycles. The van der Waals surface area contributed by atoms with Crippen molar-refractivity contribution < 1.29 is 13.2 Å². The van der Waals surface area contributed by atoms with Gasteiger partial charge in [0, 0.05) is 23.3 Å². The number of hydrogen-bond acceptors (Lipinski definition) is 2. The highest BCUT2D eigenvalue weighted by Gasteiger charge is 2.42. The van der Waals surface area contributed by atoms with Gasteiger partial charge in [-0.1, -0.05) is 35.9 Å². The molecule has 8 heteroatoms. The maximum atomic E-state index is 13.9. The Morgan fingerprint density at radius 2 is 1.61 bits per heavy atom. The summed E-state index contributed by atoms with van der Waals surface area (Å²) in [6, 6.07) is 20.8. The van der Waals surface area contributed by atoms with E-state index in [1.54, 1.807) is 16.8 Å². The Labute approximate surface area is 213 Å². The monoisotopic (exact) mass is 506 g/mol. The molecule has 2 aromatic carbocycles. The van der Waals surface area contributed by atoms with Crippen LogP contribution in [0.2, 0.25) is 0 Å². The standard InChI is InChI=1S/C28H25F3N4S/c1-17-11-13-20(14-12-17)35-26(25(33-27(35)36)23-9-6-7-15-32-23)21-16-18(2)34(19(21)3)24-10-5-4-8-22(24)28(29,30)31/h4-16,25-26H,1-3H3,(H,33,36)/t25-,26-/m1/s1. The molecule has 4 nitrogen and oxygen atoms in total. The maximum Gasteiger partial charge on any atom is 0.418 e. The van der Waals surface area contributed by atoms with Gasteiger partial charge in [-0.3, -0.25) is 4.98 Å². The largest absolute Gasteiger partial charge is 0.418 e. The molecule has 1 N–H and O–H groups in total. The molecule has 1 aliphatic heterocycles. The minimum Gasteiger partial charge on any atom is -0.351 e. The molecule has 36 heavy (non-hydrogen) atoms.